The largest absolute Gasteiger partial charge is 0.506 e. The van der Waals surface area contributed by atoms with E-state index in [1.165, 1.54) is 11.0 Å². The van der Waals surface area contributed by atoms with Gasteiger partial charge in [0.15, 0.2) is 11.6 Å². The van der Waals surface area contributed by atoms with Gasteiger partial charge in [0.2, 0.25) is 17.3 Å². The highest BCUT2D eigenvalue weighted by Crippen LogP contribution is 2.49. The van der Waals surface area contributed by atoms with Crippen molar-refractivity contribution < 1.29 is 42.1 Å². The van der Waals surface area contributed by atoms with Crippen LogP contribution >= 0.6 is 12.0 Å². The third-order valence-corrected chi connectivity index (χ3v) is 8.82. The number of aliphatic hydroxyl groups excluding tert-OH is 1. The quantitative estimate of drug-likeness (QED) is 0.0743. The van der Waals surface area contributed by atoms with Crippen LogP contribution < -0.4 is 4.90 Å². The molecule has 3 aliphatic rings. The summed E-state index contributed by atoms with van der Waals surface area (Å²) < 4.78 is 39.9. The van der Waals surface area contributed by atoms with E-state index in [0.717, 1.165) is 34.6 Å². The molecule has 0 amide bonds. The number of rotatable bonds is 8. The summed E-state index contributed by atoms with van der Waals surface area (Å²) in [6, 6.07) is 14.9. The van der Waals surface area contributed by atoms with Gasteiger partial charge in [-0.05, 0) is 31.6 Å². The molecule has 2 aromatic carbocycles. The van der Waals surface area contributed by atoms with Gasteiger partial charge in [-0.1, -0.05) is 55.3 Å². The van der Waals surface area contributed by atoms with Crippen molar-refractivity contribution in [3.05, 3.63) is 94.4 Å². The lowest BCUT2D eigenvalue weighted by atomic mass is 9.77. The molecule has 10 nitrogen and oxygen atoms in total. The summed E-state index contributed by atoms with van der Waals surface area (Å²) in [4.78, 5) is 14.9. The average Bonchev–Trinajstić information content (AvgIpc) is 3.24. The summed E-state index contributed by atoms with van der Waals surface area (Å²) in [6.07, 6.45) is 3.14. The van der Waals surface area contributed by atoms with Crippen molar-refractivity contribution in [1.29, 1.82) is 0 Å². The highest BCUT2D eigenvalue weighted by molar-refractivity contribution is 7.94. The number of para-hydroxylation sites is 2. The van der Waals surface area contributed by atoms with Crippen molar-refractivity contribution in [2.24, 2.45) is 0 Å². The lowest BCUT2D eigenvalue weighted by molar-refractivity contribution is -0.443. The lowest BCUT2D eigenvalue weighted by Crippen LogP contribution is -2.33. The van der Waals surface area contributed by atoms with Crippen molar-refractivity contribution in [3.63, 3.8) is 0 Å². The summed E-state index contributed by atoms with van der Waals surface area (Å²) >= 11 is 0.853. The van der Waals surface area contributed by atoms with Crippen LogP contribution in [0.3, 0.4) is 0 Å². The van der Waals surface area contributed by atoms with Gasteiger partial charge in [-0.2, -0.15) is 13.0 Å². The van der Waals surface area contributed by atoms with Gasteiger partial charge < -0.3 is 10.0 Å². The molecule has 0 unspecified atom stereocenters. The van der Waals surface area contributed by atoms with Gasteiger partial charge in [0.25, 0.3) is 10.1 Å². The molecule has 5 rings (SSSR count). The third-order valence-electron chi connectivity index (χ3n) is 7.71. The maximum Gasteiger partial charge on any atom is 0.283 e. The fourth-order valence-electron chi connectivity index (χ4n) is 5.72. The SMILES string of the molecule is CC1(C)C(/C=C2\C(=O)C(/C=C3/N(CS(=O)(=O)O)c4ccccc4C3(C)C)=C2O)=[N+](CSOOO)c2ccccc21. The van der Waals surface area contributed by atoms with Gasteiger partial charge >= 0.3 is 0 Å². The van der Waals surface area contributed by atoms with Crippen molar-refractivity contribution in [2.75, 3.05) is 16.7 Å². The molecule has 40 heavy (non-hydrogen) atoms. The average molecular weight is 586 g/mol. The fraction of sp³-hybridized carbons (Fsp3) is 0.286. The number of carbonyl (C=O) groups is 1. The fourth-order valence-corrected chi connectivity index (χ4v) is 6.80. The van der Waals surface area contributed by atoms with E-state index in [4.69, 9.17) is 5.26 Å². The van der Waals surface area contributed by atoms with Gasteiger partial charge in [-0.15, -0.1) is 4.33 Å². The summed E-state index contributed by atoms with van der Waals surface area (Å²) in [5, 5.41) is 23.4. The van der Waals surface area contributed by atoms with Crippen LogP contribution in [0.5, 0.6) is 0 Å². The molecule has 12 heteroatoms. The van der Waals surface area contributed by atoms with Gasteiger partial charge in [0, 0.05) is 34.5 Å². The molecule has 2 heterocycles. The number of allylic oxidation sites excluding steroid dienone is 5. The third kappa shape index (κ3) is 4.60. The molecule has 2 aromatic rings. The smallest absolute Gasteiger partial charge is 0.283 e. The summed E-state index contributed by atoms with van der Waals surface area (Å²) in [6.45, 7) is 7.79. The van der Waals surface area contributed by atoms with E-state index < -0.39 is 32.6 Å². The second-order valence-corrected chi connectivity index (χ2v) is 12.9. The number of anilines is 1. The molecule has 2 aliphatic heterocycles. The Balaban J connectivity index is 1.59. The molecule has 0 radical (unpaired) electrons. The second kappa shape index (κ2) is 9.98. The van der Waals surface area contributed by atoms with E-state index >= 15 is 0 Å². The van der Waals surface area contributed by atoms with E-state index in [2.05, 4.69) is 9.37 Å². The van der Waals surface area contributed by atoms with Crippen LogP contribution in [0.2, 0.25) is 0 Å². The predicted octanol–water partition coefficient (Wildman–Crippen LogP) is 4.94. The van der Waals surface area contributed by atoms with Gasteiger partial charge in [-0.25, -0.2) is 5.26 Å². The first-order valence-corrected chi connectivity index (χ1v) is 14.9. The molecule has 0 atom stereocenters. The van der Waals surface area contributed by atoms with Crippen LogP contribution in [0.1, 0.15) is 38.8 Å². The van der Waals surface area contributed by atoms with E-state index in [1.54, 1.807) is 18.2 Å². The molecule has 0 saturated carbocycles. The number of ketones is 1. The minimum Gasteiger partial charge on any atom is -0.506 e. The topological polar surface area (TPSA) is 137 Å². The number of hydrogen-bond donors (Lipinski definition) is 3. The number of hydrogen-bond acceptors (Lipinski definition) is 9. The number of benzene rings is 2. The maximum absolute atomic E-state index is 13.4. The molecule has 0 spiro atoms. The second-order valence-electron chi connectivity index (χ2n) is 10.8. The Hall–Kier alpha value is -3.26. The number of carbonyl (C=O) groups excluding carboxylic acids is 1. The Labute approximate surface area is 236 Å². The predicted molar refractivity (Wildman–Crippen MR) is 151 cm³/mol. The van der Waals surface area contributed by atoms with E-state index in [-0.39, 0.29) is 22.8 Å². The lowest BCUT2D eigenvalue weighted by Gasteiger charge is -2.28. The van der Waals surface area contributed by atoms with Crippen LogP contribution in [0.4, 0.5) is 11.4 Å². The molecular weight excluding hydrogens is 556 g/mol. The molecule has 0 bridgehead atoms. The van der Waals surface area contributed by atoms with Crippen molar-refractivity contribution in [1.82, 2.24) is 0 Å². The van der Waals surface area contributed by atoms with Crippen LogP contribution in [0.25, 0.3) is 0 Å². The Kier molecular flexibility index (Phi) is 7.06. The minimum absolute atomic E-state index is 0.0503. The number of fused-ring (bicyclic) bond motifs is 2. The number of aliphatic hydroxyl groups is 1. The normalized spacial score (nSPS) is 21.4. The molecule has 0 aromatic heterocycles. The van der Waals surface area contributed by atoms with Crippen LogP contribution in [-0.2, 0) is 35.1 Å². The zero-order valence-electron chi connectivity index (χ0n) is 22.3. The Morgan fingerprint density at radius 2 is 1.65 bits per heavy atom. The first-order valence-electron chi connectivity index (χ1n) is 12.4. The van der Waals surface area contributed by atoms with E-state index in [1.807, 2.05) is 68.7 Å². The first-order chi connectivity index (χ1) is 18.8. The zero-order valence-corrected chi connectivity index (χ0v) is 23.9. The molecule has 3 N–H and O–H groups in total. The van der Waals surface area contributed by atoms with Crippen molar-refractivity contribution in [3.8, 4) is 0 Å². The molecule has 0 fully saturated rings. The minimum atomic E-state index is -4.40. The van der Waals surface area contributed by atoms with Crippen LogP contribution in [0.15, 0.2) is 83.3 Å². The van der Waals surface area contributed by atoms with Crippen LogP contribution in [0, 0.1) is 0 Å². The number of Topliss-reactive ketones (excluding diaryl/α,β-unsaturated/α-hetero) is 1. The summed E-state index contributed by atoms with van der Waals surface area (Å²) in [5.41, 5.74) is 3.45. The molecule has 1 aliphatic carbocycles. The Morgan fingerprint density at radius 1 is 1.00 bits per heavy atom. The summed E-state index contributed by atoms with van der Waals surface area (Å²) in [7, 11) is -4.40. The standard InChI is InChI=1S/C28H28N2O8S2/c1-27(2)19-9-5-7-11-21(19)29(15-39-38-37-33)23(27)13-17-25(31)18(26(17)32)14-24-28(3,4)20-10-6-8-12-22(20)30(24)16-40(34,35)36/h5-14H,15-16H2,1-4H3,(H2-,31,32,33,34,35,36)/p+1. The van der Waals surface area contributed by atoms with Crippen LogP contribution in [-0.4, -0.2) is 51.2 Å². The molecular formula is C28H29N2O8S2+. The van der Waals surface area contributed by atoms with Gasteiger partial charge in [-0.3, -0.25) is 9.35 Å². The number of nitrogens with zero attached hydrogens (tertiary/aromatic N) is 2. The molecule has 0 saturated heterocycles. The highest BCUT2D eigenvalue weighted by Gasteiger charge is 2.47. The monoisotopic (exact) mass is 585 g/mol. The van der Waals surface area contributed by atoms with E-state index in [9.17, 15) is 22.9 Å². The Bertz CT molecular complexity index is 1650. The summed E-state index contributed by atoms with van der Waals surface area (Å²) in [5.74, 6) is -1.07. The Morgan fingerprint density at radius 3 is 2.30 bits per heavy atom. The van der Waals surface area contributed by atoms with Gasteiger partial charge in [0.05, 0.1) is 16.6 Å². The van der Waals surface area contributed by atoms with Crippen molar-refractivity contribution in [2.45, 2.75) is 38.5 Å². The first kappa shape index (κ1) is 28.3. The maximum atomic E-state index is 13.4. The van der Waals surface area contributed by atoms with Gasteiger partial charge in [0.1, 0.15) is 17.8 Å². The zero-order chi connectivity index (χ0) is 29.0. The van der Waals surface area contributed by atoms with Crippen molar-refractivity contribution >= 4 is 45.0 Å². The van der Waals surface area contributed by atoms with E-state index in [0.29, 0.717) is 11.4 Å². The molecule has 210 valence electrons. The highest BCUT2D eigenvalue weighted by atomic mass is 32.2.